The fraction of sp³-hybridized carbons (Fsp3) is 0.500. The fourth-order valence-electron chi connectivity index (χ4n) is 3.56. The molecule has 1 aliphatic heterocycles. The number of hydrogen-bond donors (Lipinski definition) is 3. The van der Waals surface area contributed by atoms with Gasteiger partial charge in [-0.1, -0.05) is 11.3 Å². The van der Waals surface area contributed by atoms with Gasteiger partial charge in [-0.25, -0.2) is 4.98 Å². The normalized spacial score (nSPS) is 20.4. The third-order valence-electron chi connectivity index (χ3n) is 5.15. The van der Waals surface area contributed by atoms with Gasteiger partial charge < -0.3 is 16.4 Å². The Morgan fingerprint density at radius 3 is 2.81 bits per heavy atom. The zero-order valence-electron chi connectivity index (χ0n) is 15.3. The summed E-state index contributed by atoms with van der Waals surface area (Å²) in [6, 6.07) is 4.18. The minimum Gasteiger partial charge on any atom is -0.375 e. The van der Waals surface area contributed by atoms with Gasteiger partial charge in [-0.2, -0.15) is 0 Å². The Bertz CT molecular complexity index is 834. The molecule has 2 amide bonds. The highest BCUT2D eigenvalue weighted by Gasteiger charge is 2.31. The van der Waals surface area contributed by atoms with Gasteiger partial charge in [-0.3, -0.25) is 14.5 Å². The first-order chi connectivity index (χ1) is 12.4. The number of nitrogen functional groups attached to an aromatic ring is 1. The molecular formula is C18H25N5O2S. The number of likely N-dealkylation sites (tertiary alicyclic amines) is 1. The van der Waals surface area contributed by atoms with Crippen molar-refractivity contribution < 1.29 is 9.59 Å². The molecule has 1 aliphatic rings. The van der Waals surface area contributed by atoms with Crippen LogP contribution >= 0.6 is 11.3 Å². The number of aromatic nitrogens is 1. The molecule has 2 heterocycles. The van der Waals surface area contributed by atoms with Crippen molar-refractivity contribution in [2.24, 2.45) is 0 Å². The molecule has 1 aromatic heterocycles. The van der Waals surface area contributed by atoms with E-state index < -0.39 is 0 Å². The Labute approximate surface area is 157 Å². The first-order valence-electron chi connectivity index (χ1n) is 8.76. The number of likely N-dealkylation sites (N-methyl/N-ethyl adjacent to an activating group) is 1. The standard InChI is InChI=1S/C18H25N5O2S/c1-10-6-11(7-14-16(10)22-18(19)26-14)17(25)21-9-13-5-4-12(23(13)3)8-15(24)20-2/h6-7,12-13H,4-5,8-9H2,1-3H3,(H2,19,22)(H,20,24)(H,21,25)/t12-,13+/m1/s1. The lowest BCUT2D eigenvalue weighted by molar-refractivity contribution is -0.121. The van der Waals surface area contributed by atoms with E-state index in [1.807, 2.05) is 26.1 Å². The van der Waals surface area contributed by atoms with Crippen LogP contribution in [0.3, 0.4) is 0 Å². The number of thiazole rings is 1. The maximum atomic E-state index is 12.6. The number of nitrogens with one attached hydrogen (secondary N) is 2. The second kappa shape index (κ2) is 7.59. The Hall–Kier alpha value is -2.19. The van der Waals surface area contributed by atoms with Crippen molar-refractivity contribution in [1.29, 1.82) is 0 Å². The van der Waals surface area contributed by atoms with E-state index in [9.17, 15) is 9.59 Å². The number of carbonyl (C=O) groups is 2. The number of amides is 2. The number of hydrogen-bond acceptors (Lipinski definition) is 6. The number of aryl methyl sites for hydroxylation is 1. The summed E-state index contributed by atoms with van der Waals surface area (Å²) in [4.78, 5) is 30.7. The summed E-state index contributed by atoms with van der Waals surface area (Å²) >= 11 is 1.39. The van der Waals surface area contributed by atoms with Crippen molar-refractivity contribution in [2.45, 2.75) is 38.3 Å². The summed E-state index contributed by atoms with van der Waals surface area (Å²) in [5.74, 6) is -0.0377. The molecule has 0 radical (unpaired) electrons. The second-order valence-corrected chi connectivity index (χ2v) is 7.89. The van der Waals surface area contributed by atoms with Gasteiger partial charge in [0.25, 0.3) is 5.91 Å². The van der Waals surface area contributed by atoms with Crippen LogP contribution in [-0.4, -0.2) is 54.4 Å². The van der Waals surface area contributed by atoms with E-state index in [4.69, 9.17) is 5.73 Å². The average molecular weight is 375 g/mol. The highest BCUT2D eigenvalue weighted by atomic mass is 32.1. The number of carbonyl (C=O) groups excluding carboxylic acids is 2. The number of rotatable bonds is 5. The lowest BCUT2D eigenvalue weighted by Crippen LogP contribution is -2.42. The van der Waals surface area contributed by atoms with Crippen molar-refractivity contribution in [3.05, 3.63) is 23.3 Å². The molecule has 2 atom stereocenters. The third kappa shape index (κ3) is 3.81. The van der Waals surface area contributed by atoms with Crippen LogP contribution in [0.5, 0.6) is 0 Å². The number of fused-ring (bicyclic) bond motifs is 1. The smallest absolute Gasteiger partial charge is 0.251 e. The lowest BCUT2D eigenvalue weighted by Gasteiger charge is -2.25. The summed E-state index contributed by atoms with van der Waals surface area (Å²) in [6.45, 7) is 2.51. The largest absolute Gasteiger partial charge is 0.375 e. The Morgan fingerprint density at radius 2 is 2.08 bits per heavy atom. The van der Waals surface area contributed by atoms with Crippen molar-refractivity contribution in [1.82, 2.24) is 20.5 Å². The van der Waals surface area contributed by atoms with Crippen LogP contribution in [-0.2, 0) is 4.79 Å². The van der Waals surface area contributed by atoms with Crippen LogP contribution in [0, 0.1) is 6.92 Å². The van der Waals surface area contributed by atoms with Crippen molar-refractivity contribution in [3.63, 3.8) is 0 Å². The molecule has 26 heavy (non-hydrogen) atoms. The van der Waals surface area contributed by atoms with Gasteiger partial charge in [0.1, 0.15) is 0 Å². The van der Waals surface area contributed by atoms with Crippen molar-refractivity contribution >= 4 is 38.5 Å². The van der Waals surface area contributed by atoms with Crippen LogP contribution in [0.25, 0.3) is 10.2 Å². The first-order valence-corrected chi connectivity index (χ1v) is 9.58. The molecule has 140 valence electrons. The van der Waals surface area contributed by atoms with E-state index >= 15 is 0 Å². The monoisotopic (exact) mass is 375 g/mol. The van der Waals surface area contributed by atoms with Crippen LogP contribution in [0.1, 0.15) is 35.2 Å². The van der Waals surface area contributed by atoms with Gasteiger partial charge >= 0.3 is 0 Å². The predicted molar refractivity (Wildman–Crippen MR) is 104 cm³/mol. The maximum absolute atomic E-state index is 12.6. The van der Waals surface area contributed by atoms with E-state index in [0.29, 0.717) is 23.7 Å². The fourth-order valence-corrected chi connectivity index (χ4v) is 4.41. The topological polar surface area (TPSA) is 100 Å². The molecule has 0 saturated carbocycles. The summed E-state index contributed by atoms with van der Waals surface area (Å²) in [6.07, 6.45) is 2.44. The van der Waals surface area contributed by atoms with E-state index in [1.54, 1.807) is 7.05 Å². The molecule has 4 N–H and O–H groups in total. The average Bonchev–Trinajstić information content (AvgIpc) is 3.15. The van der Waals surface area contributed by atoms with Gasteiger partial charge in [0.15, 0.2) is 5.13 Å². The SMILES string of the molecule is CNC(=O)C[C@H]1CC[C@@H](CNC(=O)c2cc(C)c3nc(N)sc3c2)N1C. The molecule has 1 fully saturated rings. The van der Waals surface area contributed by atoms with E-state index in [1.165, 1.54) is 11.3 Å². The summed E-state index contributed by atoms with van der Waals surface area (Å²) in [5, 5.41) is 6.21. The molecule has 1 aromatic carbocycles. The molecule has 0 bridgehead atoms. The summed E-state index contributed by atoms with van der Waals surface area (Å²) in [7, 11) is 3.68. The van der Waals surface area contributed by atoms with Gasteiger partial charge in [-0.15, -0.1) is 0 Å². The predicted octanol–water partition coefficient (Wildman–Crippen LogP) is 1.52. The molecule has 8 heteroatoms. The van der Waals surface area contributed by atoms with Crippen molar-refractivity contribution in [3.8, 4) is 0 Å². The first kappa shape index (κ1) is 18.6. The summed E-state index contributed by atoms with van der Waals surface area (Å²) < 4.78 is 0.927. The van der Waals surface area contributed by atoms with Crippen molar-refractivity contribution in [2.75, 3.05) is 26.4 Å². The van der Waals surface area contributed by atoms with E-state index in [-0.39, 0.29) is 23.9 Å². The minimum absolute atomic E-state index is 0.0548. The Morgan fingerprint density at radius 1 is 1.35 bits per heavy atom. The van der Waals surface area contributed by atoms with E-state index in [0.717, 1.165) is 28.6 Å². The Kier molecular flexibility index (Phi) is 5.43. The quantitative estimate of drug-likeness (QED) is 0.736. The van der Waals surface area contributed by atoms with Gasteiger partial charge in [-0.05, 0) is 44.5 Å². The lowest BCUT2D eigenvalue weighted by atomic mass is 10.1. The van der Waals surface area contributed by atoms with Gasteiger partial charge in [0, 0.05) is 37.7 Å². The molecule has 0 aliphatic carbocycles. The third-order valence-corrected chi connectivity index (χ3v) is 5.98. The zero-order chi connectivity index (χ0) is 18.8. The number of benzene rings is 1. The summed E-state index contributed by atoms with van der Waals surface area (Å²) in [5.41, 5.74) is 8.21. The molecule has 0 spiro atoms. The molecule has 1 saturated heterocycles. The number of nitrogens with two attached hydrogens (primary N) is 1. The molecule has 0 unspecified atom stereocenters. The van der Waals surface area contributed by atoms with Crippen LogP contribution in [0.4, 0.5) is 5.13 Å². The minimum atomic E-state index is -0.0925. The molecular weight excluding hydrogens is 350 g/mol. The van der Waals surface area contributed by atoms with Gasteiger partial charge in [0.2, 0.25) is 5.91 Å². The Balaban J connectivity index is 1.61. The number of nitrogens with zero attached hydrogens (tertiary/aromatic N) is 2. The number of anilines is 1. The zero-order valence-corrected chi connectivity index (χ0v) is 16.2. The molecule has 7 nitrogen and oxygen atoms in total. The van der Waals surface area contributed by atoms with Crippen LogP contribution in [0.2, 0.25) is 0 Å². The maximum Gasteiger partial charge on any atom is 0.251 e. The second-order valence-electron chi connectivity index (χ2n) is 6.83. The highest BCUT2D eigenvalue weighted by Crippen LogP contribution is 2.28. The highest BCUT2D eigenvalue weighted by molar-refractivity contribution is 7.22. The van der Waals surface area contributed by atoms with Gasteiger partial charge in [0.05, 0.1) is 10.2 Å². The molecule has 3 rings (SSSR count). The van der Waals surface area contributed by atoms with E-state index in [2.05, 4.69) is 20.5 Å². The van der Waals surface area contributed by atoms with Crippen LogP contribution in [0.15, 0.2) is 12.1 Å². The van der Waals surface area contributed by atoms with Crippen LogP contribution < -0.4 is 16.4 Å². The molecule has 2 aromatic rings.